The highest BCUT2D eigenvalue weighted by atomic mass is 32.1. The molecule has 2 aromatic rings. The van der Waals surface area contributed by atoms with Crippen molar-refractivity contribution in [2.75, 3.05) is 7.11 Å². The number of aromatic nitrogens is 1. The number of ether oxygens (including phenoxy) is 2. The largest absolute Gasteiger partial charge is 0.493 e. The van der Waals surface area contributed by atoms with Crippen molar-refractivity contribution in [1.82, 2.24) is 4.98 Å². The first-order valence-corrected chi connectivity index (χ1v) is 7.79. The number of rotatable bonds is 6. The molecule has 2 rings (SSSR count). The number of nitrogens with two attached hydrogens (primary N) is 1. The van der Waals surface area contributed by atoms with E-state index in [-0.39, 0.29) is 6.04 Å². The van der Waals surface area contributed by atoms with Gasteiger partial charge in [-0.25, -0.2) is 4.98 Å². The van der Waals surface area contributed by atoms with Gasteiger partial charge >= 0.3 is 0 Å². The lowest BCUT2D eigenvalue weighted by molar-refractivity contribution is 0.283. The van der Waals surface area contributed by atoms with Crippen LogP contribution in [0, 0.1) is 13.8 Å². The van der Waals surface area contributed by atoms with Crippen LogP contribution in [-0.2, 0) is 13.0 Å². The Bertz CT molecular complexity index is 589. The van der Waals surface area contributed by atoms with Crippen molar-refractivity contribution < 1.29 is 9.47 Å². The van der Waals surface area contributed by atoms with Crippen molar-refractivity contribution in [1.29, 1.82) is 0 Å². The van der Waals surface area contributed by atoms with Crippen molar-refractivity contribution in [3.8, 4) is 11.5 Å². The summed E-state index contributed by atoms with van der Waals surface area (Å²) in [5.41, 5.74) is 8.06. The normalized spacial score (nSPS) is 12.2. The van der Waals surface area contributed by atoms with E-state index < -0.39 is 0 Å². The molecular weight excluding hydrogens is 284 g/mol. The molecule has 0 radical (unpaired) electrons. The molecule has 0 aliphatic heterocycles. The molecule has 1 unspecified atom stereocenters. The lowest BCUT2D eigenvalue weighted by Gasteiger charge is -2.12. The van der Waals surface area contributed by atoms with Crippen LogP contribution in [0.15, 0.2) is 18.2 Å². The fraction of sp³-hybridized carbons (Fsp3) is 0.438. The lowest BCUT2D eigenvalue weighted by Crippen LogP contribution is -2.17. The van der Waals surface area contributed by atoms with Crippen LogP contribution < -0.4 is 15.2 Å². The number of nitrogens with zero attached hydrogens (tertiary/aromatic N) is 1. The summed E-state index contributed by atoms with van der Waals surface area (Å²) in [5.74, 6) is 1.47. The van der Waals surface area contributed by atoms with E-state index in [1.165, 1.54) is 4.88 Å². The van der Waals surface area contributed by atoms with Gasteiger partial charge in [-0.05, 0) is 44.9 Å². The Morgan fingerprint density at radius 3 is 2.62 bits per heavy atom. The van der Waals surface area contributed by atoms with E-state index in [2.05, 4.69) is 11.9 Å². The summed E-state index contributed by atoms with van der Waals surface area (Å²) in [7, 11) is 1.64. The number of thiazole rings is 1. The van der Waals surface area contributed by atoms with Crippen LogP contribution in [0.2, 0.25) is 0 Å². The van der Waals surface area contributed by atoms with Crippen LogP contribution in [0.5, 0.6) is 11.5 Å². The highest BCUT2D eigenvalue weighted by Gasteiger charge is 2.09. The summed E-state index contributed by atoms with van der Waals surface area (Å²) in [6, 6.07) is 6.06. The van der Waals surface area contributed by atoms with Crippen molar-refractivity contribution in [3.05, 3.63) is 39.3 Å². The fourth-order valence-electron chi connectivity index (χ4n) is 2.07. The van der Waals surface area contributed by atoms with Crippen LogP contribution in [0.25, 0.3) is 0 Å². The molecule has 114 valence electrons. The molecule has 1 aromatic carbocycles. The minimum Gasteiger partial charge on any atom is -0.493 e. The van der Waals surface area contributed by atoms with E-state index in [9.17, 15) is 0 Å². The van der Waals surface area contributed by atoms with Gasteiger partial charge in [-0.2, -0.15) is 0 Å². The molecule has 0 aliphatic rings. The maximum absolute atomic E-state index is 5.89. The highest BCUT2D eigenvalue weighted by Crippen LogP contribution is 2.30. The third-order valence-electron chi connectivity index (χ3n) is 3.21. The third kappa shape index (κ3) is 4.19. The molecule has 5 heteroatoms. The van der Waals surface area contributed by atoms with E-state index in [4.69, 9.17) is 15.2 Å². The monoisotopic (exact) mass is 306 g/mol. The first-order chi connectivity index (χ1) is 9.99. The molecule has 4 nitrogen and oxygen atoms in total. The Labute approximate surface area is 129 Å². The topological polar surface area (TPSA) is 57.4 Å². The van der Waals surface area contributed by atoms with Gasteiger partial charge in [0.05, 0.1) is 12.8 Å². The number of hydrogen-bond donors (Lipinski definition) is 1. The molecule has 0 bridgehead atoms. The standard InChI is InChI=1S/C16H22N2O2S/c1-10(17)7-13-5-6-14(19-4)15(8-13)20-9-16-18-11(2)12(3)21-16/h5-6,8,10H,7,9,17H2,1-4H3. The summed E-state index contributed by atoms with van der Waals surface area (Å²) in [6.07, 6.45) is 0.815. The van der Waals surface area contributed by atoms with Crippen molar-refractivity contribution in [3.63, 3.8) is 0 Å². The summed E-state index contributed by atoms with van der Waals surface area (Å²) in [5, 5.41) is 0.977. The van der Waals surface area contributed by atoms with Crippen molar-refractivity contribution >= 4 is 11.3 Å². The van der Waals surface area contributed by atoms with Gasteiger partial charge in [0.15, 0.2) is 11.5 Å². The van der Waals surface area contributed by atoms with E-state index >= 15 is 0 Å². The zero-order valence-electron chi connectivity index (χ0n) is 13.0. The first kappa shape index (κ1) is 15.8. The summed E-state index contributed by atoms with van der Waals surface area (Å²) >= 11 is 1.66. The van der Waals surface area contributed by atoms with E-state index in [0.29, 0.717) is 6.61 Å². The Hall–Kier alpha value is -1.59. The molecule has 0 amide bonds. The van der Waals surface area contributed by atoms with Crippen LogP contribution in [0.3, 0.4) is 0 Å². The fourth-order valence-corrected chi connectivity index (χ4v) is 2.92. The molecule has 0 aliphatic carbocycles. The quantitative estimate of drug-likeness (QED) is 0.890. The summed E-state index contributed by atoms with van der Waals surface area (Å²) in [6.45, 7) is 6.53. The van der Waals surface area contributed by atoms with Crippen LogP contribution in [-0.4, -0.2) is 18.1 Å². The van der Waals surface area contributed by atoms with E-state index in [0.717, 1.165) is 34.2 Å². The number of hydrogen-bond acceptors (Lipinski definition) is 5. The Balaban J connectivity index is 2.13. The zero-order valence-corrected chi connectivity index (χ0v) is 13.8. The molecule has 0 spiro atoms. The third-order valence-corrected chi connectivity index (χ3v) is 4.26. The average molecular weight is 306 g/mol. The molecule has 1 heterocycles. The number of aryl methyl sites for hydroxylation is 2. The van der Waals surface area contributed by atoms with E-state index in [1.807, 2.05) is 32.0 Å². The smallest absolute Gasteiger partial charge is 0.162 e. The number of benzene rings is 1. The van der Waals surface area contributed by atoms with Gasteiger partial charge in [0.2, 0.25) is 0 Å². The molecule has 1 aromatic heterocycles. The van der Waals surface area contributed by atoms with Crippen LogP contribution in [0.1, 0.15) is 28.1 Å². The second-order valence-electron chi connectivity index (χ2n) is 5.20. The van der Waals surface area contributed by atoms with Gasteiger partial charge in [0.25, 0.3) is 0 Å². The predicted octanol–water partition coefficient (Wildman–Crippen LogP) is 3.24. The van der Waals surface area contributed by atoms with Gasteiger partial charge in [-0.3, -0.25) is 0 Å². The van der Waals surface area contributed by atoms with Gasteiger partial charge in [0, 0.05) is 10.9 Å². The Morgan fingerprint density at radius 2 is 2.05 bits per heavy atom. The van der Waals surface area contributed by atoms with Crippen LogP contribution >= 0.6 is 11.3 Å². The molecule has 0 saturated heterocycles. The highest BCUT2D eigenvalue weighted by molar-refractivity contribution is 7.11. The molecule has 0 saturated carbocycles. The molecule has 1 atom stereocenters. The second-order valence-corrected chi connectivity index (χ2v) is 6.49. The predicted molar refractivity (Wildman–Crippen MR) is 86.3 cm³/mol. The summed E-state index contributed by atoms with van der Waals surface area (Å²) in [4.78, 5) is 5.71. The zero-order chi connectivity index (χ0) is 15.4. The second kappa shape index (κ2) is 6.91. The van der Waals surface area contributed by atoms with Gasteiger partial charge in [-0.1, -0.05) is 6.07 Å². The SMILES string of the molecule is COc1ccc(CC(C)N)cc1OCc1nc(C)c(C)s1. The lowest BCUT2D eigenvalue weighted by atomic mass is 10.1. The number of methoxy groups -OCH3 is 1. The Morgan fingerprint density at radius 1 is 1.29 bits per heavy atom. The maximum Gasteiger partial charge on any atom is 0.162 e. The van der Waals surface area contributed by atoms with Gasteiger partial charge in [-0.15, -0.1) is 11.3 Å². The van der Waals surface area contributed by atoms with Crippen LogP contribution in [0.4, 0.5) is 0 Å². The molecule has 2 N–H and O–H groups in total. The molecule has 0 fully saturated rings. The minimum absolute atomic E-state index is 0.121. The minimum atomic E-state index is 0.121. The molecular formula is C16H22N2O2S. The average Bonchev–Trinajstić information content (AvgIpc) is 2.75. The van der Waals surface area contributed by atoms with Gasteiger partial charge in [0.1, 0.15) is 11.6 Å². The molecule has 21 heavy (non-hydrogen) atoms. The van der Waals surface area contributed by atoms with Crippen molar-refractivity contribution in [2.45, 2.75) is 39.8 Å². The Kier molecular flexibility index (Phi) is 5.20. The first-order valence-electron chi connectivity index (χ1n) is 6.97. The van der Waals surface area contributed by atoms with E-state index in [1.54, 1.807) is 18.4 Å². The van der Waals surface area contributed by atoms with Gasteiger partial charge < -0.3 is 15.2 Å². The maximum atomic E-state index is 5.89. The van der Waals surface area contributed by atoms with Crippen molar-refractivity contribution in [2.24, 2.45) is 5.73 Å². The summed E-state index contributed by atoms with van der Waals surface area (Å²) < 4.78 is 11.2.